The van der Waals surface area contributed by atoms with Gasteiger partial charge in [0.15, 0.2) is 0 Å². The van der Waals surface area contributed by atoms with E-state index in [4.69, 9.17) is 8.83 Å². The van der Waals surface area contributed by atoms with Crippen LogP contribution in [-0.4, -0.2) is 9.13 Å². The van der Waals surface area contributed by atoms with Gasteiger partial charge in [-0.3, -0.25) is 0 Å². The molecule has 22 rings (SSSR count). The van der Waals surface area contributed by atoms with Crippen LogP contribution in [0, 0.1) is 0 Å². The number of halogens is 1. The molecule has 0 atom stereocenters. The van der Waals surface area contributed by atoms with E-state index in [0.29, 0.717) is 5.92 Å². The number of aromatic nitrogens is 2. The van der Waals surface area contributed by atoms with Crippen molar-refractivity contribution in [3.8, 4) is 33.6 Å². The van der Waals surface area contributed by atoms with Gasteiger partial charge in [0.25, 0.3) is 0 Å². The van der Waals surface area contributed by atoms with E-state index in [1.807, 2.05) is 24.3 Å². The van der Waals surface area contributed by atoms with Gasteiger partial charge < -0.3 is 28.2 Å². The predicted octanol–water partition coefficient (Wildman–Crippen LogP) is 29.7. The van der Waals surface area contributed by atoms with Crippen LogP contribution in [0.3, 0.4) is 0 Å². The van der Waals surface area contributed by atoms with Crippen molar-refractivity contribution in [1.82, 2.24) is 9.13 Å². The number of fused-ring (bicyclic) bond motifs is 18. The molecule has 2 fully saturated rings. The number of nitrogens with zero attached hydrogens (tertiary/aromatic N) is 3. The summed E-state index contributed by atoms with van der Waals surface area (Å²) in [6, 6.07) is 111. The van der Waals surface area contributed by atoms with Crippen LogP contribution in [0.25, 0.3) is 121 Å². The molecular weight excluding hydrogens is 1390 g/mol. The van der Waals surface area contributed by atoms with Crippen LogP contribution >= 0.6 is 15.9 Å². The Hall–Kier alpha value is -11.6. The molecule has 4 aromatic heterocycles. The molecule has 6 nitrogen and oxygen atoms in total. The number of rotatable bonds is 9. The molecule has 4 aliphatic rings. The summed E-state index contributed by atoms with van der Waals surface area (Å²) < 4.78 is 18.6. The average molecular weight is 1480 g/mol. The van der Waals surface area contributed by atoms with E-state index in [9.17, 15) is 0 Å². The van der Waals surface area contributed by atoms with E-state index in [0.717, 1.165) is 82.7 Å². The van der Waals surface area contributed by atoms with Crippen molar-refractivity contribution < 1.29 is 8.83 Å². The first-order chi connectivity index (χ1) is 53.4. The quantitative estimate of drug-likeness (QED) is 0.156. The topological polar surface area (TPSA) is 51.4 Å². The van der Waals surface area contributed by atoms with Gasteiger partial charge in [0.1, 0.15) is 22.3 Å². The van der Waals surface area contributed by atoms with E-state index in [1.165, 1.54) is 175 Å². The Morgan fingerprint density at radius 2 is 0.697 bits per heavy atom. The van der Waals surface area contributed by atoms with Crippen molar-refractivity contribution in [2.75, 3.05) is 10.2 Å². The number of nitrogens with one attached hydrogen (secondary N) is 1. The molecule has 4 heterocycles. The number of hydrogen-bond acceptors (Lipinski definition) is 4. The van der Waals surface area contributed by atoms with Crippen molar-refractivity contribution in [3.05, 3.63) is 341 Å². The minimum atomic E-state index is -0.115. The van der Waals surface area contributed by atoms with E-state index in [2.05, 4.69) is 342 Å². The fraction of sp³-hybridized carbons (Fsp3) is 0.176. The second-order valence-electron chi connectivity index (χ2n) is 31.8. The first-order valence-electron chi connectivity index (χ1n) is 39.3. The highest BCUT2D eigenvalue weighted by Crippen LogP contribution is 2.53. The zero-order valence-corrected chi connectivity index (χ0v) is 63.7. The molecular formula is C102H85BrN4O2. The Bertz CT molecular complexity index is 6570. The zero-order chi connectivity index (χ0) is 73.1. The van der Waals surface area contributed by atoms with E-state index >= 15 is 0 Å². The Morgan fingerprint density at radius 1 is 0.312 bits per heavy atom. The monoisotopic (exact) mass is 1480 g/mol. The number of furan rings is 2. The van der Waals surface area contributed by atoms with Gasteiger partial charge in [-0.2, -0.15) is 0 Å². The van der Waals surface area contributed by atoms with Gasteiger partial charge in [-0.15, -0.1) is 0 Å². The lowest BCUT2D eigenvalue weighted by Crippen LogP contribution is -2.16. The van der Waals surface area contributed by atoms with Crippen molar-refractivity contribution in [3.63, 3.8) is 0 Å². The second-order valence-corrected chi connectivity index (χ2v) is 32.7. The molecule has 0 amide bonds. The largest absolute Gasteiger partial charge is 0.456 e. The maximum atomic E-state index is 6.48. The van der Waals surface area contributed by atoms with Crippen LogP contribution in [0.15, 0.2) is 317 Å². The fourth-order valence-corrected chi connectivity index (χ4v) is 19.5. The summed E-state index contributed by atoms with van der Waals surface area (Å²) in [5.41, 5.74) is 30.3. The molecule has 1 N–H and O–H groups in total. The number of anilines is 5. The average Bonchev–Trinajstić information content (AvgIpc) is 1.60. The smallest absolute Gasteiger partial charge is 0.137 e. The lowest BCUT2D eigenvalue weighted by molar-refractivity contribution is 0.444. The van der Waals surface area contributed by atoms with Gasteiger partial charge in [0.05, 0.1) is 22.1 Å². The Kier molecular flexibility index (Phi) is 16.5. The molecule has 4 aliphatic carbocycles. The molecule has 18 aromatic rings. The van der Waals surface area contributed by atoms with Gasteiger partial charge in [0, 0.05) is 110 Å². The van der Waals surface area contributed by atoms with Crippen LogP contribution in [0.2, 0.25) is 0 Å². The summed E-state index contributed by atoms with van der Waals surface area (Å²) in [4.78, 5) is 2.42. The summed E-state index contributed by atoms with van der Waals surface area (Å²) in [6.45, 7) is 9.33. The first kappa shape index (κ1) is 66.8. The fourth-order valence-electron chi connectivity index (χ4n) is 19.1. The SMILES string of the molecule is Brc1ccc2c3ccc(C4CCCCC4)cc3n(-c3ccccc3)c2c1.CC1(C)c2ccccc2-c2ccc(N(c3ccc4c(c3)oc3ccccc34)c3ccc4c5ccc(C6CCCCC6)cc5n(-c5ccccc5)c4c3)cc21.CC1(C)c2ccccc2-c2ccc(Nc3ccc4c(c3)oc3ccccc34)cc21. The van der Waals surface area contributed by atoms with E-state index in [1.54, 1.807) is 0 Å². The Morgan fingerprint density at radius 3 is 1.27 bits per heavy atom. The molecule has 109 heavy (non-hydrogen) atoms. The van der Waals surface area contributed by atoms with Crippen LogP contribution in [0.1, 0.15) is 137 Å². The highest BCUT2D eigenvalue weighted by molar-refractivity contribution is 9.10. The predicted molar refractivity (Wildman–Crippen MR) is 461 cm³/mol. The third-order valence-corrected chi connectivity index (χ3v) is 25.2. The molecule has 0 aliphatic heterocycles. The van der Waals surface area contributed by atoms with Crippen LogP contribution in [0.4, 0.5) is 28.4 Å². The maximum absolute atomic E-state index is 6.48. The molecule has 0 radical (unpaired) electrons. The van der Waals surface area contributed by atoms with Gasteiger partial charge in [0.2, 0.25) is 0 Å². The highest BCUT2D eigenvalue weighted by Gasteiger charge is 2.37. The number of benzene rings is 14. The summed E-state index contributed by atoms with van der Waals surface area (Å²) >= 11 is 3.66. The third kappa shape index (κ3) is 11.6. The first-order valence-corrected chi connectivity index (χ1v) is 40.1. The van der Waals surface area contributed by atoms with Crippen molar-refractivity contribution in [1.29, 1.82) is 0 Å². The van der Waals surface area contributed by atoms with Gasteiger partial charge in [-0.25, -0.2) is 0 Å². The third-order valence-electron chi connectivity index (χ3n) is 24.7. The molecule has 7 heteroatoms. The van der Waals surface area contributed by atoms with Crippen LogP contribution < -0.4 is 10.2 Å². The van der Waals surface area contributed by atoms with Crippen LogP contribution in [-0.2, 0) is 10.8 Å². The molecule has 532 valence electrons. The Balaban J connectivity index is 0.000000119. The zero-order valence-electron chi connectivity index (χ0n) is 62.1. The molecule has 14 aromatic carbocycles. The lowest BCUT2D eigenvalue weighted by atomic mass is 9.82. The number of hydrogen-bond donors (Lipinski definition) is 1. The minimum absolute atomic E-state index is 0.00626. The summed E-state index contributed by atoms with van der Waals surface area (Å²) in [6.07, 6.45) is 13.4. The summed E-state index contributed by atoms with van der Waals surface area (Å²) in [7, 11) is 0. The van der Waals surface area contributed by atoms with Crippen LogP contribution in [0.5, 0.6) is 0 Å². The van der Waals surface area contributed by atoms with Crippen molar-refractivity contribution in [2.24, 2.45) is 0 Å². The van der Waals surface area contributed by atoms with E-state index < -0.39 is 0 Å². The van der Waals surface area contributed by atoms with Gasteiger partial charge >= 0.3 is 0 Å². The van der Waals surface area contributed by atoms with E-state index in [-0.39, 0.29) is 10.8 Å². The molecule has 0 saturated heterocycles. The second kappa shape index (κ2) is 26.9. The van der Waals surface area contributed by atoms with Gasteiger partial charge in [-0.05, 0) is 214 Å². The summed E-state index contributed by atoms with van der Waals surface area (Å²) in [5, 5.41) is 13.4. The highest BCUT2D eigenvalue weighted by atomic mass is 79.9. The molecule has 0 bridgehead atoms. The van der Waals surface area contributed by atoms with Crippen molar-refractivity contribution >= 4 is 132 Å². The Labute approximate surface area is 645 Å². The lowest BCUT2D eigenvalue weighted by Gasteiger charge is -2.28. The normalized spacial score (nSPS) is 15.1. The molecule has 2 saturated carbocycles. The molecule has 0 unspecified atom stereocenters. The maximum Gasteiger partial charge on any atom is 0.137 e. The van der Waals surface area contributed by atoms with Crippen molar-refractivity contribution in [2.45, 2.75) is 115 Å². The number of para-hydroxylation sites is 4. The summed E-state index contributed by atoms with van der Waals surface area (Å²) in [5.74, 6) is 1.36. The minimum Gasteiger partial charge on any atom is -0.456 e. The van der Waals surface area contributed by atoms with Gasteiger partial charge in [-0.1, -0.05) is 252 Å². The standard InChI is InChI=1S/C51H42N2O.C27H21NO.C24H22BrN/c1-51(2)45-19-11-9-17-39(45)40-26-22-36(30-46(40)51)52(38-24-28-44-43-18-10-12-20-49(43)54-50(44)32-38)37-23-27-42-41-25-21-34(33-13-5-3-6-14-33)29-47(41)53(48(42)31-37)35-15-7-4-8-16-35;1-27(2)23-9-5-3-7-19(23)20-13-11-17(15-24(20)27)28-18-12-14-22-21-8-4-6-10-25(21)29-26(22)16-18;25-19-12-14-22-21-13-11-18(17-7-3-1-4-8-17)15-23(21)26(24(22)16-19)20-9-5-2-6-10-20/h4,7-12,15-33H,3,5-6,13-14H2,1-2H3;3-16,28H,1-2H3;2,5-6,9-17H,1,3-4,7-8H2. The molecule has 0 spiro atoms.